The molecule has 1 aromatic rings. The van der Waals surface area contributed by atoms with E-state index in [1.807, 2.05) is 6.07 Å². The van der Waals surface area contributed by atoms with E-state index in [4.69, 9.17) is 4.74 Å². The summed E-state index contributed by atoms with van der Waals surface area (Å²) < 4.78 is 6.04. The number of hydrogen-bond donors (Lipinski definition) is 0. The van der Waals surface area contributed by atoms with Crippen LogP contribution in [0, 0.1) is 5.41 Å². The highest BCUT2D eigenvalue weighted by Gasteiger charge is 2.17. The SMILES string of the molecule is CC1=CCC(c2ccccc2OCC(C)(C)C)=C1C. The lowest BCUT2D eigenvalue weighted by Gasteiger charge is -2.21. The molecule has 1 nitrogen and oxygen atoms in total. The molecule has 0 saturated carbocycles. The Hall–Kier alpha value is -1.50. The summed E-state index contributed by atoms with van der Waals surface area (Å²) in [5.74, 6) is 1.01. The van der Waals surface area contributed by atoms with Crippen molar-refractivity contribution in [3.8, 4) is 5.75 Å². The molecule has 1 aliphatic rings. The van der Waals surface area contributed by atoms with E-state index in [0.717, 1.165) is 18.8 Å². The average molecular weight is 256 g/mol. The normalized spacial score (nSPS) is 15.7. The molecule has 0 heterocycles. The largest absolute Gasteiger partial charge is 0.492 e. The van der Waals surface area contributed by atoms with E-state index >= 15 is 0 Å². The second-order valence-electron chi connectivity index (χ2n) is 6.54. The lowest BCUT2D eigenvalue weighted by molar-refractivity contribution is 0.197. The number of para-hydroxylation sites is 1. The van der Waals surface area contributed by atoms with E-state index in [0.29, 0.717) is 0 Å². The van der Waals surface area contributed by atoms with Crippen LogP contribution in [0.3, 0.4) is 0 Å². The number of allylic oxidation sites excluding steroid dienone is 4. The Morgan fingerprint density at radius 3 is 2.37 bits per heavy atom. The molecule has 0 aromatic heterocycles. The van der Waals surface area contributed by atoms with Gasteiger partial charge < -0.3 is 4.74 Å². The fourth-order valence-corrected chi connectivity index (χ4v) is 2.25. The molecule has 0 radical (unpaired) electrons. The highest BCUT2D eigenvalue weighted by Crippen LogP contribution is 2.37. The van der Waals surface area contributed by atoms with Crippen molar-refractivity contribution in [1.82, 2.24) is 0 Å². The van der Waals surface area contributed by atoms with Crippen LogP contribution in [0.15, 0.2) is 41.5 Å². The molecule has 102 valence electrons. The number of ether oxygens (including phenoxy) is 1. The molecule has 0 spiro atoms. The van der Waals surface area contributed by atoms with Crippen LogP contribution in [0.5, 0.6) is 5.75 Å². The molecule has 1 heteroatoms. The van der Waals surface area contributed by atoms with E-state index in [1.165, 1.54) is 22.3 Å². The molecule has 1 aromatic carbocycles. The Bertz CT molecular complexity index is 527. The van der Waals surface area contributed by atoms with Crippen LogP contribution in [-0.2, 0) is 0 Å². The van der Waals surface area contributed by atoms with Gasteiger partial charge in [0.15, 0.2) is 0 Å². The summed E-state index contributed by atoms with van der Waals surface area (Å²) in [6, 6.07) is 8.39. The predicted octanol–water partition coefficient (Wildman–Crippen LogP) is 5.24. The number of rotatable bonds is 3. The Morgan fingerprint density at radius 1 is 1.11 bits per heavy atom. The summed E-state index contributed by atoms with van der Waals surface area (Å²) in [4.78, 5) is 0. The first-order valence-electron chi connectivity index (χ1n) is 6.97. The highest BCUT2D eigenvalue weighted by atomic mass is 16.5. The van der Waals surface area contributed by atoms with E-state index in [9.17, 15) is 0 Å². The Morgan fingerprint density at radius 2 is 1.79 bits per heavy atom. The maximum Gasteiger partial charge on any atom is 0.126 e. The van der Waals surface area contributed by atoms with Gasteiger partial charge in [0, 0.05) is 5.56 Å². The van der Waals surface area contributed by atoms with Crippen molar-refractivity contribution in [2.75, 3.05) is 6.61 Å². The summed E-state index contributed by atoms with van der Waals surface area (Å²) in [7, 11) is 0. The van der Waals surface area contributed by atoms with Gasteiger partial charge in [-0.05, 0) is 42.9 Å². The van der Waals surface area contributed by atoms with Gasteiger partial charge in [0.2, 0.25) is 0 Å². The lowest BCUT2D eigenvalue weighted by atomic mass is 9.97. The second-order valence-corrected chi connectivity index (χ2v) is 6.54. The van der Waals surface area contributed by atoms with Crippen molar-refractivity contribution >= 4 is 5.57 Å². The molecule has 0 N–H and O–H groups in total. The Balaban J connectivity index is 2.28. The van der Waals surface area contributed by atoms with Crippen molar-refractivity contribution in [3.63, 3.8) is 0 Å². The van der Waals surface area contributed by atoms with E-state index in [1.54, 1.807) is 0 Å². The molecule has 1 aliphatic carbocycles. The van der Waals surface area contributed by atoms with Gasteiger partial charge in [-0.2, -0.15) is 0 Å². The van der Waals surface area contributed by atoms with Crippen LogP contribution in [0.4, 0.5) is 0 Å². The smallest absolute Gasteiger partial charge is 0.126 e. The van der Waals surface area contributed by atoms with Crippen molar-refractivity contribution < 1.29 is 4.74 Å². The van der Waals surface area contributed by atoms with Gasteiger partial charge in [-0.15, -0.1) is 0 Å². The maximum atomic E-state index is 6.04. The van der Waals surface area contributed by atoms with Crippen molar-refractivity contribution in [1.29, 1.82) is 0 Å². The van der Waals surface area contributed by atoms with Gasteiger partial charge >= 0.3 is 0 Å². The molecular weight excluding hydrogens is 232 g/mol. The second kappa shape index (κ2) is 5.24. The van der Waals surface area contributed by atoms with E-state index in [-0.39, 0.29) is 5.41 Å². The fourth-order valence-electron chi connectivity index (χ4n) is 2.25. The van der Waals surface area contributed by atoms with Crippen LogP contribution in [0.2, 0.25) is 0 Å². The van der Waals surface area contributed by atoms with Crippen LogP contribution in [-0.4, -0.2) is 6.61 Å². The minimum atomic E-state index is 0.181. The first kappa shape index (κ1) is 13.9. The van der Waals surface area contributed by atoms with Gasteiger partial charge in [-0.25, -0.2) is 0 Å². The van der Waals surface area contributed by atoms with Gasteiger partial charge in [0.1, 0.15) is 5.75 Å². The zero-order valence-electron chi connectivity index (χ0n) is 12.7. The number of benzene rings is 1. The van der Waals surface area contributed by atoms with E-state index < -0.39 is 0 Å². The number of hydrogen-bond acceptors (Lipinski definition) is 1. The minimum absolute atomic E-state index is 0.181. The lowest BCUT2D eigenvalue weighted by Crippen LogP contribution is -2.17. The Kier molecular flexibility index (Phi) is 3.84. The molecule has 19 heavy (non-hydrogen) atoms. The molecule has 0 fully saturated rings. The molecule has 0 aliphatic heterocycles. The monoisotopic (exact) mass is 256 g/mol. The third-order valence-electron chi connectivity index (χ3n) is 3.53. The summed E-state index contributed by atoms with van der Waals surface area (Å²) in [5.41, 5.74) is 5.62. The summed E-state index contributed by atoms with van der Waals surface area (Å²) in [5, 5.41) is 0. The molecule has 0 amide bonds. The zero-order chi connectivity index (χ0) is 14.0. The van der Waals surface area contributed by atoms with Gasteiger partial charge in [0.25, 0.3) is 0 Å². The fraction of sp³-hybridized carbons (Fsp3) is 0.444. The molecule has 2 rings (SSSR count). The van der Waals surface area contributed by atoms with Gasteiger partial charge in [0.05, 0.1) is 6.61 Å². The quantitative estimate of drug-likeness (QED) is 0.719. The van der Waals surface area contributed by atoms with Crippen LogP contribution < -0.4 is 4.74 Å². The van der Waals surface area contributed by atoms with Crippen molar-refractivity contribution in [2.45, 2.75) is 41.0 Å². The Labute approximate surface area is 117 Å². The highest BCUT2D eigenvalue weighted by molar-refractivity contribution is 5.79. The van der Waals surface area contributed by atoms with Gasteiger partial charge in [-0.1, -0.05) is 50.6 Å². The summed E-state index contributed by atoms with van der Waals surface area (Å²) in [6.07, 6.45) is 3.32. The molecule has 0 saturated heterocycles. The summed E-state index contributed by atoms with van der Waals surface area (Å²) >= 11 is 0. The predicted molar refractivity (Wildman–Crippen MR) is 82.4 cm³/mol. The third-order valence-corrected chi connectivity index (χ3v) is 3.53. The molecule has 0 unspecified atom stereocenters. The summed E-state index contributed by atoms with van der Waals surface area (Å²) in [6.45, 7) is 11.7. The average Bonchev–Trinajstić information content (AvgIpc) is 2.67. The molecule has 0 atom stereocenters. The van der Waals surface area contributed by atoms with Crippen LogP contribution >= 0.6 is 0 Å². The standard InChI is InChI=1S/C18H24O/c1-13-10-11-15(14(13)2)16-8-6-7-9-17(16)19-12-18(3,4)5/h6-10H,11-12H2,1-5H3. The molecular formula is C18H24O. The van der Waals surface area contributed by atoms with Crippen molar-refractivity contribution in [3.05, 3.63) is 47.1 Å². The first-order valence-corrected chi connectivity index (χ1v) is 6.97. The van der Waals surface area contributed by atoms with Crippen LogP contribution in [0.25, 0.3) is 5.57 Å². The maximum absolute atomic E-state index is 6.04. The van der Waals surface area contributed by atoms with Crippen molar-refractivity contribution in [2.24, 2.45) is 5.41 Å². The van der Waals surface area contributed by atoms with E-state index in [2.05, 4.69) is 58.9 Å². The van der Waals surface area contributed by atoms with Gasteiger partial charge in [-0.3, -0.25) is 0 Å². The minimum Gasteiger partial charge on any atom is -0.492 e. The van der Waals surface area contributed by atoms with Crippen LogP contribution in [0.1, 0.15) is 46.6 Å². The zero-order valence-corrected chi connectivity index (χ0v) is 12.7. The first-order chi connectivity index (χ1) is 8.88. The third kappa shape index (κ3) is 3.28. The molecule has 0 bridgehead atoms. The topological polar surface area (TPSA) is 9.23 Å².